The Kier molecular flexibility index (Phi) is 2.98. The Bertz CT molecular complexity index is 655. The van der Waals surface area contributed by atoms with Crippen LogP contribution in [0.15, 0.2) is 12.1 Å². The number of hydrogen-bond acceptors (Lipinski definition) is 7. The van der Waals surface area contributed by atoms with Crippen LogP contribution >= 0.6 is 0 Å². The standard InChI is InChI=1S/C13H17N5O2/c1-19-10-3-8-9(4-11(10)20-2)16-13(17-12(8)15)18-5-7(14)6-18/h3-4,7H,5-6,14H2,1-2H3,(H2,15,16,17). The summed E-state index contributed by atoms with van der Waals surface area (Å²) in [5.41, 5.74) is 12.5. The van der Waals surface area contributed by atoms with Crippen LogP contribution in [0.25, 0.3) is 10.9 Å². The van der Waals surface area contributed by atoms with Crippen LogP contribution in [0.4, 0.5) is 11.8 Å². The third kappa shape index (κ3) is 1.96. The summed E-state index contributed by atoms with van der Waals surface area (Å²) in [4.78, 5) is 10.8. The van der Waals surface area contributed by atoms with Gasteiger partial charge in [0, 0.05) is 30.6 Å². The van der Waals surface area contributed by atoms with E-state index in [1.807, 2.05) is 4.90 Å². The molecule has 106 valence electrons. The van der Waals surface area contributed by atoms with Crippen molar-refractivity contribution < 1.29 is 9.47 Å². The zero-order valence-electron chi connectivity index (χ0n) is 11.5. The summed E-state index contributed by atoms with van der Waals surface area (Å²) in [6, 6.07) is 3.77. The Morgan fingerprint density at radius 3 is 2.40 bits per heavy atom. The van der Waals surface area contributed by atoms with Gasteiger partial charge in [-0.1, -0.05) is 0 Å². The molecule has 4 N–H and O–H groups in total. The maximum absolute atomic E-state index is 6.02. The van der Waals surface area contributed by atoms with Gasteiger partial charge in [-0.2, -0.15) is 4.98 Å². The van der Waals surface area contributed by atoms with E-state index in [-0.39, 0.29) is 6.04 Å². The van der Waals surface area contributed by atoms with E-state index in [0.717, 1.165) is 24.0 Å². The van der Waals surface area contributed by atoms with Gasteiger partial charge in [0.2, 0.25) is 5.95 Å². The molecule has 0 bridgehead atoms. The fourth-order valence-corrected chi connectivity index (χ4v) is 2.28. The molecule has 7 heteroatoms. The second-order valence-corrected chi connectivity index (χ2v) is 4.80. The monoisotopic (exact) mass is 275 g/mol. The fourth-order valence-electron chi connectivity index (χ4n) is 2.28. The van der Waals surface area contributed by atoms with Gasteiger partial charge in [0.25, 0.3) is 0 Å². The van der Waals surface area contributed by atoms with Crippen LogP contribution < -0.4 is 25.8 Å². The van der Waals surface area contributed by atoms with Gasteiger partial charge in [-0.25, -0.2) is 4.98 Å². The highest BCUT2D eigenvalue weighted by atomic mass is 16.5. The lowest BCUT2D eigenvalue weighted by Gasteiger charge is -2.36. The van der Waals surface area contributed by atoms with E-state index in [0.29, 0.717) is 23.3 Å². The van der Waals surface area contributed by atoms with Crippen molar-refractivity contribution in [1.82, 2.24) is 9.97 Å². The Morgan fingerprint density at radius 1 is 1.15 bits per heavy atom. The minimum atomic E-state index is 0.181. The minimum Gasteiger partial charge on any atom is -0.493 e. The van der Waals surface area contributed by atoms with Gasteiger partial charge in [0.05, 0.1) is 19.7 Å². The molecule has 20 heavy (non-hydrogen) atoms. The summed E-state index contributed by atoms with van der Waals surface area (Å²) in [5, 5.41) is 0.747. The third-order valence-electron chi connectivity index (χ3n) is 3.41. The van der Waals surface area contributed by atoms with Gasteiger partial charge in [-0.15, -0.1) is 0 Å². The van der Waals surface area contributed by atoms with Crippen molar-refractivity contribution in [2.75, 3.05) is 37.9 Å². The maximum Gasteiger partial charge on any atom is 0.227 e. The van der Waals surface area contributed by atoms with E-state index in [2.05, 4.69) is 9.97 Å². The molecule has 1 fully saturated rings. The third-order valence-corrected chi connectivity index (χ3v) is 3.41. The van der Waals surface area contributed by atoms with Crippen LogP contribution in [0.1, 0.15) is 0 Å². The first-order chi connectivity index (χ1) is 9.62. The second kappa shape index (κ2) is 4.68. The van der Waals surface area contributed by atoms with E-state index < -0.39 is 0 Å². The number of nitrogens with zero attached hydrogens (tertiary/aromatic N) is 3. The quantitative estimate of drug-likeness (QED) is 0.835. The maximum atomic E-state index is 6.02. The Balaban J connectivity index is 2.10. The van der Waals surface area contributed by atoms with Crippen molar-refractivity contribution in [3.8, 4) is 11.5 Å². The number of nitrogens with two attached hydrogens (primary N) is 2. The van der Waals surface area contributed by atoms with Crippen LogP contribution in [-0.2, 0) is 0 Å². The molecule has 3 rings (SSSR count). The van der Waals surface area contributed by atoms with E-state index in [1.54, 1.807) is 26.4 Å². The van der Waals surface area contributed by atoms with Crippen LogP contribution in [0.2, 0.25) is 0 Å². The lowest BCUT2D eigenvalue weighted by molar-refractivity contribution is 0.356. The predicted octanol–water partition coefficient (Wildman–Crippen LogP) is 0.377. The molecule has 2 aromatic rings. The van der Waals surface area contributed by atoms with Gasteiger partial charge in [-0.05, 0) is 6.07 Å². The smallest absolute Gasteiger partial charge is 0.227 e. The van der Waals surface area contributed by atoms with Crippen molar-refractivity contribution in [2.24, 2.45) is 5.73 Å². The lowest BCUT2D eigenvalue weighted by Crippen LogP contribution is -2.56. The summed E-state index contributed by atoms with van der Waals surface area (Å²) in [7, 11) is 3.17. The van der Waals surface area contributed by atoms with Crippen molar-refractivity contribution in [1.29, 1.82) is 0 Å². The minimum absolute atomic E-state index is 0.181. The van der Waals surface area contributed by atoms with E-state index >= 15 is 0 Å². The van der Waals surface area contributed by atoms with Gasteiger partial charge in [0.15, 0.2) is 11.5 Å². The number of nitrogen functional groups attached to an aromatic ring is 1. The largest absolute Gasteiger partial charge is 0.493 e. The molecule has 0 aliphatic carbocycles. The topological polar surface area (TPSA) is 99.5 Å². The molecule has 0 spiro atoms. The first-order valence-electron chi connectivity index (χ1n) is 6.32. The van der Waals surface area contributed by atoms with Crippen molar-refractivity contribution in [3.05, 3.63) is 12.1 Å². The average molecular weight is 275 g/mol. The number of aromatic nitrogens is 2. The van der Waals surface area contributed by atoms with Crippen molar-refractivity contribution >= 4 is 22.7 Å². The highest BCUT2D eigenvalue weighted by molar-refractivity contribution is 5.91. The molecule has 2 heterocycles. The lowest BCUT2D eigenvalue weighted by atomic mass is 10.1. The molecule has 0 radical (unpaired) electrons. The van der Waals surface area contributed by atoms with Gasteiger partial charge >= 0.3 is 0 Å². The summed E-state index contributed by atoms with van der Waals surface area (Å²) in [6.45, 7) is 1.50. The average Bonchev–Trinajstić information content (AvgIpc) is 2.42. The number of ether oxygens (including phenoxy) is 2. The molecular weight excluding hydrogens is 258 g/mol. The summed E-state index contributed by atoms with van der Waals surface area (Å²) in [6.07, 6.45) is 0. The Morgan fingerprint density at radius 2 is 1.80 bits per heavy atom. The molecule has 7 nitrogen and oxygen atoms in total. The summed E-state index contributed by atoms with van der Waals surface area (Å²) >= 11 is 0. The SMILES string of the molecule is COc1cc2nc(N3CC(N)C3)nc(N)c2cc1OC. The van der Waals surface area contributed by atoms with Gasteiger partial charge < -0.3 is 25.8 Å². The molecule has 1 saturated heterocycles. The number of benzene rings is 1. The molecule has 0 saturated carbocycles. The van der Waals surface area contributed by atoms with E-state index in [1.165, 1.54) is 0 Å². The zero-order chi connectivity index (χ0) is 14.3. The molecule has 0 atom stereocenters. The van der Waals surface area contributed by atoms with Crippen LogP contribution in [0, 0.1) is 0 Å². The molecule has 1 aromatic heterocycles. The number of anilines is 2. The zero-order valence-corrected chi connectivity index (χ0v) is 11.5. The highest BCUT2D eigenvalue weighted by Gasteiger charge is 2.26. The van der Waals surface area contributed by atoms with Gasteiger partial charge in [-0.3, -0.25) is 0 Å². The number of hydrogen-bond donors (Lipinski definition) is 2. The molecule has 0 amide bonds. The first-order valence-corrected chi connectivity index (χ1v) is 6.32. The fraction of sp³-hybridized carbons (Fsp3) is 0.385. The van der Waals surface area contributed by atoms with E-state index in [9.17, 15) is 0 Å². The second-order valence-electron chi connectivity index (χ2n) is 4.80. The molecule has 1 aliphatic rings. The molecule has 0 unspecified atom stereocenters. The van der Waals surface area contributed by atoms with Crippen LogP contribution in [0.3, 0.4) is 0 Å². The summed E-state index contributed by atoms with van der Waals surface area (Å²) < 4.78 is 10.5. The van der Waals surface area contributed by atoms with E-state index in [4.69, 9.17) is 20.9 Å². The predicted molar refractivity (Wildman–Crippen MR) is 77.2 cm³/mol. The summed E-state index contributed by atoms with van der Waals surface area (Å²) in [5.74, 6) is 2.24. The normalized spacial score (nSPS) is 15.2. The van der Waals surface area contributed by atoms with Gasteiger partial charge in [0.1, 0.15) is 5.82 Å². The van der Waals surface area contributed by atoms with Crippen LogP contribution in [-0.4, -0.2) is 43.3 Å². The molecule has 1 aromatic carbocycles. The highest BCUT2D eigenvalue weighted by Crippen LogP contribution is 2.34. The number of methoxy groups -OCH3 is 2. The van der Waals surface area contributed by atoms with Crippen molar-refractivity contribution in [3.63, 3.8) is 0 Å². The van der Waals surface area contributed by atoms with Crippen LogP contribution in [0.5, 0.6) is 11.5 Å². The Hall–Kier alpha value is -2.28. The molecule has 1 aliphatic heterocycles. The number of rotatable bonds is 3. The van der Waals surface area contributed by atoms with Crippen molar-refractivity contribution in [2.45, 2.75) is 6.04 Å². The Labute approximate surface area is 116 Å². The first kappa shape index (κ1) is 12.7. The number of fused-ring (bicyclic) bond motifs is 1. The molecular formula is C13H17N5O2.